The molecule has 0 bridgehead atoms. The van der Waals surface area contributed by atoms with Gasteiger partial charge in [0.15, 0.2) is 0 Å². The molecule has 80 valence electrons. The van der Waals surface area contributed by atoms with Crippen LogP contribution in [0.1, 0.15) is 72.6 Å². The van der Waals surface area contributed by atoms with Gasteiger partial charge in [-0.3, -0.25) is 0 Å². The largest absolute Gasteiger partial charge is 0.0651 e. The monoisotopic (exact) mass is 184 g/mol. The number of unbranched alkanes of at least 4 members (excludes halogenated alkanes) is 1. The molecule has 0 aliphatic rings. The van der Waals surface area contributed by atoms with Gasteiger partial charge in [-0.05, 0) is 11.8 Å². The van der Waals surface area contributed by atoms with Crippen LogP contribution in [0.4, 0.5) is 0 Å². The van der Waals surface area contributed by atoms with Gasteiger partial charge in [0, 0.05) is 0 Å². The molecule has 0 aromatic carbocycles. The summed E-state index contributed by atoms with van der Waals surface area (Å²) < 4.78 is 0. The molecule has 0 amide bonds. The summed E-state index contributed by atoms with van der Waals surface area (Å²) >= 11 is 0. The molecule has 0 saturated carbocycles. The second-order valence-corrected chi connectivity index (χ2v) is 4.48. The van der Waals surface area contributed by atoms with E-state index in [0.717, 1.165) is 11.8 Å². The van der Waals surface area contributed by atoms with E-state index in [0.29, 0.717) is 0 Å². The number of hydrogen-bond acceptors (Lipinski definition) is 0. The normalized spacial score (nSPS) is 13.6. The third-order valence-corrected chi connectivity index (χ3v) is 3.41. The summed E-state index contributed by atoms with van der Waals surface area (Å²) in [5.41, 5.74) is 0. The first-order chi connectivity index (χ1) is 6.24. The van der Waals surface area contributed by atoms with Crippen LogP contribution in [0.3, 0.4) is 0 Å². The molecule has 0 heterocycles. The van der Waals surface area contributed by atoms with E-state index in [1.54, 1.807) is 0 Å². The third kappa shape index (κ3) is 7.10. The Bertz CT molecular complexity index is 92.2. The van der Waals surface area contributed by atoms with Gasteiger partial charge in [-0.25, -0.2) is 0 Å². The van der Waals surface area contributed by atoms with Crippen molar-refractivity contribution in [3.63, 3.8) is 0 Å². The molecule has 13 heavy (non-hydrogen) atoms. The van der Waals surface area contributed by atoms with Gasteiger partial charge in [0.25, 0.3) is 0 Å². The Kier molecular flexibility index (Phi) is 8.59. The van der Waals surface area contributed by atoms with Gasteiger partial charge >= 0.3 is 0 Å². The van der Waals surface area contributed by atoms with Gasteiger partial charge in [-0.2, -0.15) is 0 Å². The average Bonchev–Trinajstić information content (AvgIpc) is 2.18. The summed E-state index contributed by atoms with van der Waals surface area (Å²) in [5.74, 6) is 1.94. The predicted octanol–water partition coefficient (Wildman–Crippen LogP) is 5.03. The third-order valence-electron chi connectivity index (χ3n) is 3.41. The number of rotatable bonds is 8. The molecule has 0 nitrogen and oxygen atoms in total. The van der Waals surface area contributed by atoms with Crippen molar-refractivity contribution in [2.75, 3.05) is 0 Å². The molecule has 1 atom stereocenters. The molecular weight excluding hydrogens is 156 g/mol. The van der Waals surface area contributed by atoms with Crippen LogP contribution in [-0.4, -0.2) is 0 Å². The van der Waals surface area contributed by atoms with Crippen molar-refractivity contribution < 1.29 is 0 Å². The zero-order chi connectivity index (χ0) is 10.1. The van der Waals surface area contributed by atoms with Crippen molar-refractivity contribution in [3.05, 3.63) is 0 Å². The highest BCUT2D eigenvalue weighted by atomic mass is 14.1. The topological polar surface area (TPSA) is 0 Å². The summed E-state index contributed by atoms with van der Waals surface area (Å²) in [5, 5.41) is 0. The molecule has 0 spiro atoms. The molecule has 0 saturated heterocycles. The lowest BCUT2D eigenvalue weighted by Gasteiger charge is -2.12. The van der Waals surface area contributed by atoms with Crippen LogP contribution >= 0.6 is 0 Å². The second kappa shape index (κ2) is 8.59. The minimum Gasteiger partial charge on any atom is -0.0651 e. The number of hydrogen-bond donors (Lipinski definition) is 0. The standard InChI is InChI=1S/C13H28/c1-5-12(4)10-8-9-11-13(6-2)7-3/h12-13H,5-11H2,1-4H3. The predicted molar refractivity (Wildman–Crippen MR) is 62.0 cm³/mol. The molecular formula is C13H28. The van der Waals surface area contributed by atoms with Gasteiger partial charge in [0.2, 0.25) is 0 Å². The van der Waals surface area contributed by atoms with E-state index < -0.39 is 0 Å². The van der Waals surface area contributed by atoms with Crippen LogP contribution in [-0.2, 0) is 0 Å². The van der Waals surface area contributed by atoms with E-state index in [9.17, 15) is 0 Å². The molecule has 0 aromatic rings. The van der Waals surface area contributed by atoms with Crippen molar-refractivity contribution in [2.24, 2.45) is 11.8 Å². The highest BCUT2D eigenvalue weighted by Crippen LogP contribution is 2.18. The smallest absolute Gasteiger partial charge is 0.0420 e. The fourth-order valence-electron chi connectivity index (χ4n) is 1.83. The summed E-state index contributed by atoms with van der Waals surface area (Å²) in [6.07, 6.45) is 9.91. The van der Waals surface area contributed by atoms with Gasteiger partial charge in [-0.15, -0.1) is 0 Å². The van der Waals surface area contributed by atoms with Crippen LogP contribution in [0.5, 0.6) is 0 Å². The van der Waals surface area contributed by atoms with Crippen molar-refractivity contribution in [1.29, 1.82) is 0 Å². The van der Waals surface area contributed by atoms with Crippen molar-refractivity contribution >= 4 is 0 Å². The first-order valence-corrected chi connectivity index (χ1v) is 6.24. The molecule has 0 aliphatic heterocycles. The van der Waals surface area contributed by atoms with Crippen molar-refractivity contribution in [2.45, 2.75) is 72.6 Å². The van der Waals surface area contributed by atoms with Crippen LogP contribution in [0.2, 0.25) is 0 Å². The zero-order valence-corrected chi connectivity index (χ0v) is 10.1. The minimum absolute atomic E-state index is 0.946. The van der Waals surface area contributed by atoms with Gasteiger partial charge < -0.3 is 0 Å². The van der Waals surface area contributed by atoms with Crippen LogP contribution < -0.4 is 0 Å². The van der Waals surface area contributed by atoms with Crippen molar-refractivity contribution in [3.8, 4) is 0 Å². The molecule has 0 aliphatic carbocycles. The second-order valence-electron chi connectivity index (χ2n) is 4.48. The van der Waals surface area contributed by atoms with E-state index in [2.05, 4.69) is 27.7 Å². The molecule has 0 aromatic heterocycles. The molecule has 0 N–H and O–H groups in total. The minimum atomic E-state index is 0.946. The Labute approximate surface area is 85.1 Å². The summed E-state index contributed by atoms with van der Waals surface area (Å²) in [7, 11) is 0. The van der Waals surface area contributed by atoms with Gasteiger partial charge in [0.1, 0.15) is 0 Å². The maximum Gasteiger partial charge on any atom is -0.0420 e. The lowest BCUT2D eigenvalue weighted by atomic mass is 9.94. The maximum atomic E-state index is 2.37. The van der Waals surface area contributed by atoms with E-state index in [1.807, 2.05) is 0 Å². The van der Waals surface area contributed by atoms with Crippen LogP contribution in [0, 0.1) is 11.8 Å². The lowest BCUT2D eigenvalue weighted by Crippen LogP contribution is -1.98. The Balaban J connectivity index is 3.23. The Morgan fingerprint density at radius 3 is 1.77 bits per heavy atom. The van der Waals surface area contributed by atoms with Crippen LogP contribution in [0.25, 0.3) is 0 Å². The van der Waals surface area contributed by atoms with E-state index >= 15 is 0 Å². The maximum absolute atomic E-state index is 2.37. The quantitative estimate of drug-likeness (QED) is 0.464. The highest BCUT2D eigenvalue weighted by Gasteiger charge is 2.03. The van der Waals surface area contributed by atoms with E-state index in [4.69, 9.17) is 0 Å². The van der Waals surface area contributed by atoms with E-state index in [1.165, 1.54) is 44.9 Å². The zero-order valence-electron chi connectivity index (χ0n) is 10.1. The fraction of sp³-hybridized carbons (Fsp3) is 1.00. The highest BCUT2D eigenvalue weighted by molar-refractivity contribution is 4.56. The molecule has 0 rings (SSSR count). The van der Waals surface area contributed by atoms with E-state index in [-0.39, 0.29) is 0 Å². The SMILES string of the molecule is CCC(C)CCCCC(CC)CC. The average molecular weight is 184 g/mol. The van der Waals surface area contributed by atoms with Crippen molar-refractivity contribution in [1.82, 2.24) is 0 Å². The van der Waals surface area contributed by atoms with Crippen LogP contribution in [0.15, 0.2) is 0 Å². The first kappa shape index (κ1) is 13.0. The molecule has 0 radical (unpaired) electrons. The first-order valence-electron chi connectivity index (χ1n) is 6.24. The molecule has 1 unspecified atom stereocenters. The molecule has 0 heteroatoms. The van der Waals surface area contributed by atoms with Gasteiger partial charge in [0.05, 0.1) is 0 Å². The summed E-state index contributed by atoms with van der Waals surface area (Å²) in [6, 6.07) is 0. The Hall–Kier alpha value is 0. The Morgan fingerprint density at radius 2 is 1.31 bits per heavy atom. The summed E-state index contributed by atoms with van der Waals surface area (Å²) in [6.45, 7) is 9.31. The summed E-state index contributed by atoms with van der Waals surface area (Å²) in [4.78, 5) is 0. The van der Waals surface area contributed by atoms with Gasteiger partial charge in [-0.1, -0.05) is 72.6 Å². The molecule has 0 fully saturated rings. The Morgan fingerprint density at radius 1 is 0.769 bits per heavy atom. The lowest BCUT2D eigenvalue weighted by molar-refractivity contribution is 0.408. The fourth-order valence-corrected chi connectivity index (χ4v) is 1.83.